The van der Waals surface area contributed by atoms with Crippen molar-refractivity contribution in [3.63, 3.8) is 0 Å². The van der Waals surface area contributed by atoms with Crippen molar-refractivity contribution in [2.24, 2.45) is 0 Å². The standard InChI is InChI=1S/C17H26O3/c1-6-9-17(19-10-11-20-17)13-7-8-15(18-5)14(12-13)16(2,3)4/h7-8,12H,6,9-11H2,1-5H3. The van der Waals surface area contributed by atoms with Gasteiger partial charge < -0.3 is 14.2 Å². The van der Waals surface area contributed by atoms with Crippen LogP contribution in [0.4, 0.5) is 0 Å². The summed E-state index contributed by atoms with van der Waals surface area (Å²) in [5.74, 6) is 0.354. The third kappa shape index (κ3) is 2.84. The highest BCUT2D eigenvalue weighted by Gasteiger charge is 2.38. The van der Waals surface area contributed by atoms with Gasteiger partial charge in [-0.25, -0.2) is 0 Å². The first-order valence-electron chi connectivity index (χ1n) is 7.40. The first-order chi connectivity index (χ1) is 9.43. The molecular weight excluding hydrogens is 252 g/mol. The van der Waals surface area contributed by atoms with Gasteiger partial charge in [0, 0.05) is 12.0 Å². The van der Waals surface area contributed by atoms with E-state index in [1.807, 2.05) is 6.07 Å². The topological polar surface area (TPSA) is 27.7 Å². The highest BCUT2D eigenvalue weighted by molar-refractivity contribution is 5.43. The van der Waals surface area contributed by atoms with Crippen LogP contribution >= 0.6 is 0 Å². The Kier molecular flexibility index (Phi) is 4.40. The second-order valence-electron chi connectivity index (χ2n) is 6.36. The second-order valence-corrected chi connectivity index (χ2v) is 6.36. The molecule has 0 unspecified atom stereocenters. The van der Waals surface area contributed by atoms with Crippen LogP contribution in [0.3, 0.4) is 0 Å². The van der Waals surface area contributed by atoms with Crippen molar-refractivity contribution in [3.05, 3.63) is 29.3 Å². The maximum Gasteiger partial charge on any atom is 0.194 e. The van der Waals surface area contributed by atoms with E-state index >= 15 is 0 Å². The molecule has 0 saturated carbocycles. The zero-order valence-corrected chi connectivity index (χ0v) is 13.3. The molecule has 20 heavy (non-hydrogen) atoms. The molecular formula is C17H26O3. The zero-order valence-electron chi connectivity index (χ0n) is 13.3. The molecule has 0 aliphatic carbocycles. The van der Waals surface area contributed by atoms with Crippen LogP contribution in [-0.2, 0) is 20.7 Å². The van der Waals surface area contributed by atoms with Gasteiger partial charge in [0.1, 0.15) is 5.75 Å². The largest absolute Gasteiger partial charge is 0.496 e. The van der Waals surface area contributed by atoms with Crippen LogP contribution in [0.25, 0.3) is 0 Å². The number of ether oxygens (including phenoxy) is 3. The average Bonchev–Trinajstić information content (AvgIpc) is 2.87. The summed E-state index contributed by atoms with van der Waals surface area (Å²) in [5, 5.41) is 0. The molecule has 1 aliphatic rings. The highest BCUT2D eigenvalue weighted by Crippen LogP contribution is 2.40. The fraction of sp³-hybridized carbons (Fsp3) is 0.647. The van der Waals surface area contributed by atoms with Gasteiger partial charge in [0.05, 0.1) is 20.3 Å². The molecule has 3 heteroatoms. The van der Waals surface area contributed by atoms with Gasteiger partial charge >= 0.3 is 0 Å². The summed E-state index contributed by atoms with van der Waals surface area (Å²) < 4.78 is 17.4. The summed E-state index contributed by atoms with van der Waals surface area (Å²) in [7, 11) is 1.72. The van der Waals surface area contributed by atoms with Gasteiger partial charge in [0.2, 0.25) is 0 Å². The van der Waals surface area contributed by atoms with E-state index in [1.54, 1.807) is 7.11 Å². The Morgan fingerprint density at radius 2 is 1.85 bits per heavy atom. The van der Waals surface area contributed by atoms with Crippen LogP contribution in [0, 0.1) is 0 Å². The molecule has 2 rings (SSSR count). The van der Waals surface area contributed by atoms with Crippen LogP contribution in [-0.4, -0.2) is 20.3 Å². The van der Waals surface area contributed by atoms with Gasteiger partial charge in [0.25, 0.3) is 0 Å². The molecule has 1 aromatic carbocycles. The number of benzene rings is 1. The lowest BCUT2D eigenvalue weighted by Gasteiger charge is -2.30. The molecule has 3 nitrogen and oxygen atoms in total. The first-order valence-corrected chi connectivity index (χ1v) is 7.40. The molecule has 0 atom stereocenters. The summed E-state index contributed by atoms with van der Waals surface area (Å²) in [5.41, 5.74) is 2.31. The minimum absolute atomic E-state index is 0.0212. The van der Waals surface area contributed by atoms with E-state index in [9.17, 15) is 0 Å². The molecule has 1 fully saturated rings. The van der Waals surface area contributed by atoms with Crippen LogP contribution in [0.1, 0.15) is 51.7 Å². The van der Waals surface area contributed by atoms with Crippen LogP contribution in [0.15, 0.2) is 18.2 Å². The predicted molar refractivity (Wildman–Crippen MR) is 80.2 cm³/mol. The average molecular weight is 278 g/mol. The fourth-order valence-corrected chi connectivity index (χ4v) is 2.77. The zero-order chi connectivity index (χ0) is 14.8. The van der Waals surface area contributed by atoms with Crippen molar-refractivity contribution in [2.75, 3.05) is 20.3 Å². The van der Waals surface area contributed by atoms with Crippen LogP contribution < -0.4 is 4.74 Å². The van der Waals surface area contributed by atoms with Crippen molar-refractivity contribution in [1.82, 2.24) is 0 Å². The molecule has 1 aromatic rings. The lowest BCUT2D eigenvalue weighted by atomic mass is 9.84. The summed E-state index contributed by atoms with van der Waals surface area (Å²) in [4.78, 5) is 0. The van der Waals surface area contributed by atoms with Gasteiger partial charge in [-0.3, -0.25) is 0 Å². The van der Waals surface area contributed by atoms with Crippen LogP contribution in [0.2, 0.25) is 0 Å². The minimum Gasteiger partial charge on any atom is -0.496 e. The minimum atomic E-state index is -0.568. The van der Waals surface area contributed by atoms with Gasteiger partial charge in [-0.15, -0.1) is 0 Å². The molecule has 0 spiro atoms. The predicted octanol–water partition coefficient (Wildman–Crippen LogP) is 3.99. The molecule has 1 heterocycles. The van der Waals surface area contributed by atoms with E-state index in [2.05, 4.69) is 39.8 Å². The monoisotopic (exact) mass is 278 g/mol. The van der Waals surface area contributed by atoms with Gasteiger partial charge in [-0.1, -0.05) is 34.1 Å². The number of rotatable bonds is 4. The summed E-state index contributed by atoms with van der Waals surface area (Å²) >= 11 is 0. The lowest BCUT2D eigenvalue weighted by Crippen LogP contribution is -2.27. The maximum absolute atomic E-state index is 5.95. The van der Waals surface area contributed by atoms with Crippen molar-refractivity contribution in [1.29, 1.82) is 0 Å². The molecule has 0 aromatic heterocycles. The smallest absolute Gasteiger partial charge is 0.194 e. The Labute approximate surface area is 122 Å². The van der Waals surface area contributed by atoms with E-state index < -0.39 is 5.79 Å². The first kappa shape index (κ1) is 15.3. The van der Waals surface area contributed by atoms with Crippen molar-refractivity contribution >= 4 is 0 Å². The molecule has 0 radical (unpaired) electrons. The Morgan fingerprint density at radius 3 is 2.35 bits per heavy atom. The lowest BCUT2D eigenvalue weighted by molar-refractivity contribution is -0.171. The summed E-state index contributed by atoms with van der Waals surface area (Å²) in [6, 6.07) is 6.27. The molecule has 0 amide bonds. The number of hydrogen-bond donors (Lipinski definition) is 0. The third-order valence-electron chi connectivity index (χ3n) is 3.78. The summed E-state index contributed by atoms with van der Waals surface area (Å²) in [6.07, 6.45) is 1.90. The fourth-order valence-electron chi connectivity index (χ4n) is 2.77. The van der Waals surface area contributed by atoms with E-state index in [0.717, 1.165) is 24.2 Å². The van der Waals surface area contributed by atoms with Gasteiger partial charge in [0.15, 0.2) is 5.79 Å². The van der Waals surface area contributed by atoms with Crippen molar-refractivity contribution in [3.8, 4) is 5.75 Å². The van der Waals surface area contributed by atoms with E-state index in [-0.39, 0.29) is 5.41 Å². The Balaban J connectivity index is 2.47. The Bertz CT molecular complexity index is 454. The number of methoxy groups -OCH3 is 1. The van der Waals surface area contributed by atoms with Gasteiger partial charge in [-0.2, -0.15) is 0 Å². The van der Waals surface area contributed by atoms with Crippen molar-refractivity contribution < 1.29 is 14.2 Å². The van der Waals surface area contributed by atoms with E-state index in [4.69, 9.17) is 14.2 Å². The number of hydrogen-bond acceptors (Lipinski definition) is 3. The normalized spacial score (nSPS) is 18.2. The molecule has 1 aliphatic heterocycles. The van der Waals surface area contributed by atoms with Crippen molar-refractivity contribution in [2.45, 2.75) is 51.7 Å². The molecule has 0 N–H and O–H groups in total. The van der Waals surface area contributed by atoms with Gasteiger partial charge in [-0.05, 0) is 29.2 Å². The SMILES string of the molecule is CCCC1(c2ccc(OC)c(C(C)(C)C)c2)OCCO1. The quantitative estimate of drug-likeness (QED) is 0.833. The van der Waals surface area contributed by atoms with E-state index in [1.165, 1.54) is 5.56 Å². The Morgan fingerprint density at radius 1 is 1.20 bits per heavy atom. The summed E-state index contributed by atoms with van der Waals surface area (Å²) in [6.45, 7) is 10.1. The molecule has 1 saturated heterocycles. The molecule has 0 bridgehead atoms. The Hall–Kier alpha value is -1.06. The third-order valence-corrected chi connectivity index (χ3v) is 3.78. The maximum atomic E-state index is 5.95. The van der Waals surface area contributed by atoms with E-state index in [0.29, 0.717) is 13.2 Å². The highest BCUT2D eigenvalue weighted by atomic mass is 16.7. The second kappa shape index (κ2) is 5.74. The van der Waals surface area contributed by atoms with Crippen LogP contribution in [0.5, 0.6) is 5.75 Å². The molecule has 112 valence electrons.